The standard InChI is InChI=1S/C9H16N2O3/c1-9(2,3)14-8(13)6-4-5-11(10)7(6)12/h6H,4-5,10H2,1-3H3/t6-/m0/s1. The molecule has 0 radical (unpaired) electrons. The smallest absolute Gasteiger partial charge is 0.319 e. The van der Waals surface area contributed by atoms with Crippen LogP contribution in [0.4, 0.5) is 0 Å². The largest absolute Gasteiger partial charge is 0.459 e. The molecule has 0 saturated carbocycles. The van der Waals surface area contributed by atoms with E-state index in [2.05, 4.69) is 0 Å². The number of nitrogens with two attached hydrogens (primary N) is 1. The Morgan fingerprint density at radius 2 is 2.14 bits per heavy atom. The zero-order valence-corrected chi connectivity index (χ0v) is 8.74. The predicted octanol–water partition coefficient (Wildman–Crippen LogP) is 0.0503. The number of hydrazine groups is 1. The Morgan fingerprint density at radius 3 is 2.50 bits per heavy atom. The Morgan fingerprint density at radius 1 is 1.57 bits per heavy atom. The lowest BCUT2D eigenvalue weighted by Gasteiger charge is -2.21. The lowest BCUT2D eigenvalue weighted by atomic mass is 10.1. The highest BCUT2D eigenvalue weighted by molar-refractivity contribution is 5.99. The molecule has 1 saturated heterocycles. The molecule has 80 valence electrons. The molecular weight excluding hydrogens is 184 g/mol. The highest BCUT2D eigenvalue weighted by atomic mass is 16.6. The third kappa shape index (κ3) is 2.45. The van der Waals surface area contributed by atoms with Crippen molar-refractivity contribution in [1.29, 1.82) is 0 Å². The van der Waals surface area contributed by atoms with Gasteiger partial charge in [0.1, 0.15) is 11.5 Å². The van der Waals surface area contributed by atoms with E-state index in [1.165, 1.54) is 0 Å². The first-order valence-electron chi connectivity index (χ1n) is 4.60. The summed E-state index contributed by atoms with van der Waals surface area (Å²) in [5.41, 5.74) is -0.556. The van der Waals surface area contributed by atoms with Crippen LogP contribution < -0.4 is 5.84 Å². The van der Waals surface area contributed by atoms with Crippen LogP contribution in [0.3, 0.4) is 0 Å². The molecule has 1 fully saturated rings. The van der Waals surface area contributed by atoms with E-state index in [1.54, 1.807) is 20.8 Å². The number of hydrogen-bond acceptors (Lipinski definition) is 4. The van der Waals surface area contributed by atoms with Gasteiger partial charge < -0.3 is 4.74 Å². The van der Waals surface area contributed by atoms with Crippen molar-refractivity contribution in [2.75, 3.05) is 6.54 Å². The van der Waals surface area contributed by atoms with E-state index in [9.17, 15) is 9.59 Å². The van der Waals surface area contributed by atoms with Crippen molar-refractivity contribution in [3.8, 4) is 0 Å². The molecule has 0 unspecified atom stereocenters. The summed E-state index contributed by atoms with van der Waals surface area (Å²) in [4.78, 5) is 22.8. The summed E-state index contributed by atoms with van der Waals surface area (Å²) in [7, 11) is 0. The SMILES string of the molecule is CC(C)(C)OC(=O)[C@H]1CCN(N)C1=O. The maximum atomic E-state index is 11.5. The summed E-state index contributed by atoms with van der Waals surface area (Å²) in [5.74, 6) is 3.81. The molecule has 5 nitrogen and oxygen atoms in total. The van der Waals surface area contributed by atoms with Gasteiger partial charge in [0.2, 0.25) is 0 Å². The summed E-state index contributed by atoms with van der Waals surface area (Å²) < 4.78 is 5.10. The van der Waals surface area contributed by atoms with Crippen LogP contribution in [0.1, 0.15) is 27.2 Å². The maximum Gasteiger partial charge on any atom is 0.319 e. The van der Waals surface area contributed by atoms with E-state index in [0.29, 0.717) is 13.0 Å². The monoisotopic (exact) mass is 200 g/mol. The van der Waals surface area contributed by atoms with Gasteiger partial charge in [0.15, 0.2) is 0 Å². The Balaban J connectivity index is 2.59. The molecule has 14 heavy (non-hydrogen) atoms. The predicted molar refractivity (Wildman–Crippen MR) is 49.9 cm³/mol. The molecule has 1 atom stereocenters. The van der Waals surface area contributed by atoms with Crippen molar-refractivity contribution < 1.29 is 14.3 Å². The van der Waals surface area contributed by atoms with Crippen molar-refractivity contribution in [1.82, 2.24) is 5.01 Å². The molecule has 1 amide bonds. The van der Waals surface area contributed by atoms with Gasteiger partial charge in [-0.15, -0.1) is 0 Å². The van der Waals surface area contributed by atoms with Crippen molar-refractivity contribution in [3.05, 3.63) is 0 Å². The molecule has 1 aliphatic rings. The Labute approximate surface area is 83.2 Å². The van der Waals surface area contributed by atoms with Crippen molar-refractivity contribution in [2.45, 2.75) is 32.8 Å². The molecule has 0 aromatic rings. The summed E-state index contributed by atoms with van der Waals surface area (Å²) in [6.07, 6.45) is 0.449. The molecule has 0 spiro atoms. The summed E-state index contributed by atoms with van der Waals surface area (Å²) in [5, 5.41) is 1.06. The van der Waals surface area contributed by atoms with Gasteiger partial charge in [-0.25, -0.2) is 5.84 Å². The number of esters is 1. The molecule has 0 aliphatic carbocycles. The molecule has 0 aromatic carbocycles. The molecule has 1 aliphatic heterocycles. The minimum absolute atomic E-state index is 0.348. The maximum absolute atomic E-state index is 11.5. The fourth-order valence-electron chi connectivity index (χ4n) is 1.29. The normalized spacial score (nSPS) is 22.7. The average molecular weight is 200 g/mol. The number of ether oxygens (including phenoxy) is 1. The van der Waals surface area contributed by atoms with Crippen LogP contribution in [0.5, 0.6) is 0 Å². The topological polar surface area (TPSA) is 72.6 Å². The van der Waals surface area contributed by atoms with Gasteiger partial charge in [-0.1, -0.05) is 0 Å². The molecule has 1 rings (SSSR count). The van der Waals surface area contributed by atoms with E-state index in [-0.39, 0.29) is 5.91 Å². The first kappa shape index (κ1) is 11.0. The molecule has 5 heteroatoms. The number of amides is 1. The quantitative estimate of drug-likeness (QED) is 0.281. The van der Waals surface area contributed by atoms with E-state index >= 15 is 0 Å². The van der Waals surface area contributed by atoms with E-state index in [1.807, 2.05) is 0 Å². The van der Waals surface area contributed by atoms with Crippen LogP contribution in [0.15, 0.2) is 0 Å². The van der Waals surface area contributed by atoms with Crippen molar-refractivity contribution in [3.63, 3.8) is 0 Å². The lowest BCUT2D eigenvalue weighted by Crippen LogP contribution is -2.37. The second kappa shape index (κ2) is 3.57. The molecule has 1 heterocycles. The number of carbonyl (C=O) groups is 2. The highest BCUT2D eigenvalue weighted by Gasteiger charge is 2.38. The Bertz CT molecular complexity index is 257. The molecule has 0 bridgehead atoms. The van der Waals surface area contributed by atoms with Gasteiger partial charge in [-0.05, 0) is 27.2 Å². The van der Waals surface area contributed by atoms with E-state index in [4.69, 9.17) is 10.6 Å². The fraction of sp³-hybridized carbons (Fsp3) is 0.778. The molecular formula is C9H16N2O3. The van der Waals surface area contributed by atoms with E-state index < -0.39 is 17.5 Å². The number of carbonyl (C=O) groups excluding carboxylic acids is 2. The molecule has 2 N–H and O–H groups in total. The zero-order chi connectivity index (χ0) is 10.9. The van der Waals surface area contributed by atoms with Crippen LogP contribution in [0.25, 0.3) is 0 Å². The number of nitrogens with zero attached hydrogens (tertiary/aromatic N) is 1. The summed E-state index contributed by atoms with van der Waals surface area (Å²) >= 11 is 0. The van der Waals surface area contributed by atoms with Crippen LogP contribution in [0.2, 0.25) is 0 Å². The average Bonchev–Trinajstić information content (AvgIpc) is 2.29. The second-order valence-corrected chi connectivity index (χ2v) is 4.41. The van der Waals surface area contributed by atoms with Gasteiger partial charge in [-0.3, -0.25) is 14.6 Å². The van der Waals surface area contributed by atoms with Crippen molar-refractivity contribution >= 4 is 11.9 Å². The first-order chi connectivity index (χ1) is 6.31. The van der Waals surface area contributed by atoms with Crippen LogP contribution in [-0.2, 0) is 14.3 Å². The zero-order valence-electron chi connectivity index (χ0n) is 8.74. The summed E-state index contributed by atoms with van der Waals surface area (Å²) in [6, 6.07) is 0. The van der Waals surface area contributed by atoms with Gasteiger partial charge in [0.25, 0.3) is 5.91 Å². The van der Waals surface area contributed by atoms with Crippen LogP contribution in [0, 0.1) is 5.92 Å². The molecule has 0 aromatic heterocycles. The lowest BCUT2D eigenvalue weighted by molar-refractivity contribution is -0.162. The van der Waals surface area contributed by atoms with Gasteiger partial charge in [0, 0.05) is 6.54 Å². The van der Waals surface area contributed by atoms with Crippen molar-refractivity contribution in [2.24, 2.45) is 11.8 Å². The van der Waals surface area contributed by atoms with Gasteiger partial charge >= 0.3 is 5.97 Å². The van der Waals surface area contributed by atoms with Gasteiger partial charge in [-0.2, -0.15) is 0 Å². The highest BCUT2D eigenvalue weighted by Crippen LogP contribution is 2.19. The van der Waals surface area contributed by atoms with Crippen LogP contribution in [-0.4, -0.2) is 29.0 Å². The number of rotatable bonds is 1. The minimum atomic E-state index is -0.709. The second-order valence-electron chi connectivity index (χ2n) is 4.41. The van der Waals surface area contributed by atoms with Gasteiger partial charge in [0.05, 0.1) is 0 Å². The van der Waals surface area contributed by atoms with E-state index in [0.717, 1.165) is 5.01 Å². The fourth-order valence-corrected chi connectivity index (χ4v) is 1.29. The Hall–Kier alpha value is -1.10. The third-order valence-electron chi connectivity index (χ3n) is 1.93. The minimum Gasteiger partial charge on any atom is -0.459 e. The summed E-state index contributed by atoms with van der Waals surface area (Å²) in [6.45, 7) is 5.72. The number of hydrogen-bond donors (Lipinski definition) is 1. The Kier molecular flexibility index (Phi) is 2.80. The third-order valence-corrected chi connectivity index (χ3v) is 1.93. The van der Waals surface area contributed by atoms with Crippen LogP contribution >= 0.6 is 0 Å². The first-order valence-corrected chi connectivity index (χ1v) is 4.60.